The molecule has 1 atom stereocenters. The fraction of sp³-hybridized carbons (Fsp3) is 1.00. The van der Waals surface area contributed by atoms with Gasteiger partial charge in [0.25, 0.3) is 0 Å². The van der Waals surface area contributed by atoms with Gasteiger partial charge >= 0.3 is 0 Å². The molecule has 0 bridgehead atoms. The fourth-order valence-corrected chi connectivity index (χ4v) is 1.15. The van der Waals surface area contributed by atoms with E-state index in [2.05, 4.69) is 0 Å². The van der Waals surface area contributed by atoms with Gasteiger partial charge in [0, 0.05) is 6.04 Å². The molecular weight excluding hydrogens is 126 g/mol. The summed E-state index contributed by atoms with van der Waals surface area (Å²) in [5.41, 5.74) is 5.09. The molecule has 0 aliphatic heterocycles. The highest BCUT2D eigenvalue weighted by atomic mass is 16.3. The summed E-state index contributed by atoms with van der Waals surface area (Å²) in [7, 11) is 0. The molecule has 0 spiro atoms. The summed E-state index contributed by atoms with van der Waals surface area (Å²) >= 11 is 0. The Hall–Kier alpha value is -0.0800. The van der Waals surface area contributed by atoms with Crippen LogP contribution in [0.5, 0.6) is 0 Å². The number of aliphatic hydroxyl groups is 1. The van der Waals surface area contributed by atoms with Gasteiger partial charge < -0.3 is 10.8 Å². The Balaban J connectivity index is 4.02. The van der Waals surface area contributed by atoms with Crippen LogP contribution >= 0.6 is 0 Å². The van der Waals surface area contributed by atoms with Crippen molar-refractivity contribution in [3.05, 3.63) is 0 Å². The normalized spacial score (nSPS) is 15.3. The van der Waals surface area contributed by atoms with E-state index in [0.717, 1.165) is 19.3 Å². The number of nitrogens with two attached hydrogens (primary N) is 1. The first-order valence-electron chi connectivity index (χ1n) is 4.08. The van der Waals surface area contributed by atoms with Crippen LogP contribution in [-0.2, 0) is 0 Å². The predicted molar refractivity (Wildman–Crippen MR) is 43.8 cm³/mol. The smallest absolute Gasteiger partial charge is 0.0792 e. The molecule has 0 aliphatic carbocycles. The Kier molecular flexibility index (Phi) is 3.91. The molecule has 0 rings (SSSR count). The van der Waals surface area contributed by atoms with Gasteiger partial charge in [-0.2, -0.15) is 0 Å². The monoisotopic (exact) mass is 145 g/mol. The zero-order chi connectivity index (χ0) is 8.20. The molecule has 0 amide bonds. The van der Waals surface area contributed by atoms with Crippen molar-refractivity contribution in [2.24, 2.45) is 5.73 Å². The maximum absolute atomic E-state index is 9.77. The van der Waals surface area contributed by atoms with Gasteiger partial charge in [0.05, 0.1) is 5.60 Å². The van der Waals surface area contributed by atoms with Gasteiger partial charge in [0.15, 0.2) is 0 Å². The van der Waals surface area contributed by atoms with Crippen LogP contribution in [0, 0.1) is 0 Å². The highest BCUT2D eigenvalue weighted by Gasteiger charge is 2.28. The standard InChI is InChI=1S/C8H19NO/c1-4-7(9)8(10,5-2)6-3/h7,10H,4-6,9H2,1-3H3. The summed E-state index contributed by atoms with van der Waals surface area (Å²) in [6, 6.07) is -0.0671. The minimum Gasteiger partial charge on any atom is -0.388 e. The van der Waals surface area contributed by atoms with Crippen LogP contribution in [0.2, 0.25) is 0 Å². The van der Waals surface area contributed by atoms with Crippen LogP contribution in [0.15, 0.2) is 0 Å². The lowest BCUT2D eigenvalue weighted by molar-refractivity contribution is 0.00543. The minimum atomic E-state index is -0.630. The fourth-order valence-electron chi connectivity index (χ4n) is 1.15. The zero-order valence-electron chi connectivity index (χ0n) is 7.22. The first-order valence-corrected chi connectivity index (χ1v) is 4.08. The Labute approximate surface area is 63.4 Å². The summed E-state index contributed by atoms with van der Waals surface area (Å²) in [5.74, 6) is 0. The maximum Gasteiger partial charge on any atom is 0.0792 e. The Morgan fingerprint density at radius 1 is 1.30 bits per heavy atom. The van der Waals surface area contributed by atoms with E-state index < -0.39 is 5.60 Å². The molecule has 2 nitrogen and oxygen atoms in total. The first kappa shape index (κ1) is 9.92. The topological polar surface area (TPSA) is 46.2 Å². The van der Waals surface area contributed by atoms with Gasteiger partial charge in [-0.05, 0) is 19.3 Å². The lowest BCUT2D eigenvalue weighted by Gasteiger charge is -2.31. The molecule has 10 heavy (non-hydrogen) atoms. The lowest BCUT2D eigenvalue weighted by Crippen LogP contribution is -2.46. The molecule has 0 aromatic rings. The lowest BCUT2D eigenvalue weighted by atomic mass is 9.88. The summed E-state index contributed by atoms with van der Waals surface area (Å²) in [6.07, 6.45) is 2.34. The molecule has 1 unspecified atom stereocenters. The van der Waals surface area contributed by atoms with Gasteiger partial charge in [-0.25, -0.2) is 0 Å². The first-order chi connectivity index (χ1) is 4.60. The van der Waals surface area contributed by atoms with Crippen molar-refractivity contribution in [2.75, 3.05) is 0 Å². The van der Waals surface area contributed by atoms with Crippen molar-refractivity contribution in [3.8, 4) is 0 Å². The molecule has 0 aromatic carbocycles. The van der Waals surface area contributed by atoms with Crippen molar-refractivity contribution in [3.63, 3.8) is 0 Å². The summed E-state index contributed by atoms with van der Waals surface area (Å²) in [5, 5.41) is 9.77. The SMILES string of the molecule is CCC(N)C(O)(CC)CC. The van der Waals surface area contributed by atoms with Crippen molar-refractivity contribution in [2.45, 2.75) is 51.7 Å². The molecule has 0 radical (unpaired) electrons. The highest BCUT2D eigenvalue weighted by molar-refractivity contribution is 4.85. The van der Waals surface area contributed by atoms with E-state index in [1.165, 1.54) is 0 Å². The summed E-state index contributed by atoms with van der Waals surface area (Å²) < 4.78 is 0. The summed E-state index contributed by atoms with van der Waals surface area (Å²) in [6.45, 7) is 5.94. The Morgan fingerprint density at radius 2 is 1.70 bits per heavy atom. The molecule has 0 heterocycles. The highest BCUT2D eigenvalue weighted by Crippen LogP contribution is 2.19. The van der Waals surface area contributed by atoms with Crippen LogP contribution in [0.25, 0.3) is 0 Å². The van der Waals surface area contributed by atoms with E-state index in [4.69, 9.17) is 5.73 Å². The Bertz CT molecular complexity index is 89.3. The van der Waals surface area contributed by atoms with Gasteiger partial charge in [0.2, 0.25) is 0 Å². The third kappa shape index (κ3) is 1.96. The Morgan fingerprint density at radius 3 is 1.80 bits per heavy atom. The summed E-state index contributed by atoms with van der Waals surface area (Å²) in [4.78, 5) is 0. The van der Waals surface area contributed by atoms with Gasteiger partial charge in [0.1, 0.15) is 0 Å². The average molecular weight is 145 g/mol. The van der Waals surface area contributed by atoms with Crippen molar-refractivity contribution < 1.29 is 5.11 Å². The predicted octanol–water partition coefficient (Wildman–Crippen LogP) is 1.27. The van der Waals surface area contributed by atoms with Crippen molar-refractivity contribution >= 4 is 0 Å². The largest absolute Gasteiger partial charge is 0.388 e. The minimum absolute atomic E-state index is 0.0671. The molecule has 0 fully saturated rings. The van der Waals surface area contributed by atoms with E-state index in [9.17, 15) is 5.11 Å². The third-order valence-electron chi connectivity index (χ3n) is 2.35. The second-order valence-corrected chi connectivity index (χ2v) is 2.83. The van der Waals surface area contributed by atoms with Gasteiger partial charge in [-0.1, -0.05) is 20.8 Å². The number of rotatable bonds is 4. The molecule has 0 saturated heterocycles. The molecule has 0 saturated carbocycles. The van der Waals surface area contributed by atoms with Crippen LogP contribution in [0.1, 0.15) is 40.0 Å². The van der Waals surface area contributed by atoms with Crippen LogP contribution in [-0.4, -0.2) is 16.7 Å². The van der Waals surface area contributed by atoms with Gasteiger partial charge in [-0.3, -0.25) is 0 Å². The molecular formula is C8H19NO. The number of hydrogen-bond acceptors (Lipinski definition) is 2. The molecule has 0 aliphatic rings. The van der Waals surface area contributed by atoms with E-state index in [-0.39, 0.29) is 6.04 Å². The molecule has 2 heteroatoms. The molecule has 0 aromatic heterocycles. The second-order valence-electron chi connectivity index (χ2n) is 2.83. The number of hydrogen-bond donors (Lipinski definition) is 2. The molecule has 3 N–H and O–H groups in total. The van der Waals surface area contributed by atoms with Gasteiger partial charge in [-0.15, -0.1) is 0 Å². The van der Waals surface area contributed by atoms with Crippen molar-refractivity contribution in [1.29, 1.82) is 0 Å². The second kappa shape index (κ2) is 3.94. The van der Waals surface area contributed by atoms with E-state index >= 15 is 0 Å². The zero-order valence-corrected chi connectivity index (χ0v) is 7.22. The van der Waals surface area contributed by atoms with E-state index in [0.29, 0.717) is 0 Å². The maximum atomic E-state index is 9.77. The van der Waals surface area contributed by atoms with E-state index in [1.54, 1.807) is 0 Å². The van der Waals surface area contributed by atoms with Crippen LogP contribution < -0.4 is 5.73 Å². The van der Waals surface area contributed by atoms with E-state index in [1.807, 2.05) is 20.8 Å². The quantitative estimate of drug-likeness (QED) is 0.626. The van der Waals surface area contributed by atoms with Crippen LogP contribution in [0.4, 0.5) is 0 Å². The molecule has 62 valence electrons. The van der Waals surface area contributed by atoms with Crippen molar-refractivity contribution in [1.82, 2.24) is 0 Å². The third-order valence-corrected chi connectivity index (χ3v) is 2.35. The van der Waals surface area contributed by atoms with Crippen LogP contribution in [0.3, 0.4) is 0 Å². The average Bonchev–Trinajstić information content (AvgIpc) is 2.01.